The number of hydrogen-bond acceptors (Lipinski definition) is 4. The van der Waals surface area contributed by atoms with Gasteiger partial charge < -0.3 is 10.1 Å². The minimum atomic E-state index is -3.65. The highest BCUT2D eigenvalue weighted by atomic mass is 32.2. The summed E-state index contributed by atoms with van der Waals surface area (Å²) in [5.41, 5.74) is 1.02. The Bertz CT molecular complexity index is 882. The second kappa shape index (κ2) is 9.21. The van der Waals surface area contributed by atoms with E-state index in [1.165, 1.54) is 11.4 Å². The maximum absolute atomic E-state index is 13.1. The average Bonchev–Trinajstić information content (AvgIpc) is 2.73. The molecule has 1 aliphatic rings. The van der Waals surface area contributed by atoms with Crippen LogP contribution in [0.25, 0.3) is 0 Å². The number of nitrogens with zero attached hydrogens (tertiary/aromatic N) is 1. The standard InChI is InChI=1S/C21H26N2O4S/c1-27-19-10-12-20(13-11-19)28(25,26)23-14-6-5-9-18(23)15-21(24)22-16-17-7-3-2-4-8-17/h2-4,7-8,10-13,18H,5-6,9,14-16H2,1H3,(H,22,24)/t18-/m0/s1. The van der Waals surface area contributed by atoms with Crippen molar-refractivity contribution in [3.05, 3.63) is 60.2 Å². The second-order valence-corrected chi connectivity index (χ2v) is 8.80. The van der Waals surface area contributed by atoms with Gasteiger partial charge in [0.15, 0.2) is 0 Å². The molecule has 0 spiro atoms. The van der Waals surface area contributed by atoms with Gasteiger partial charge in [0, 0.05) is 25.6 Å². The molecule has 150 valence electrons. The summed E-state index contributed by atoms with van der Waals surface area (Å²) in [5, 5.41) is 2.90. The van der Waals surface area contributed by atoms with E-state index in [9.17, 15) is 13.2 Å². The van der Waals surface area contributed by atoms with Gasteiger partial charge in [0.25, 0.3) is 0 Å². The summed E-state index contributed by atoms with van der Waals surface area (Å²) >= 11 is 0. The van der Waals surface area contributed by atoms with Gasteiger partial charge in [-0.15, -0.1) is 0 Å². The van der Waals surface area contributed by atoms with Gasteiger partial charge in [0.2, 0.25) is 15.9 Å². The number of hydrogen-bond donors (Lipinski definition) is 1. The summed E-state index contributed by atoms with van der Waals surface area (Å²) < 4.78 is 32.8. The van der Waals surface area contributed by atoms with E-state index in [1.54, 1.807) is 24.3 Å². The Morgan fingerprint density at radius 2 is 1.82 bits per heavy atom. The molecule has 6 nitrogen and oxygen atoms in total. The molecule has 1 aliphatic heterocycles. The van der Waals surface area contributed by atoms with Crippen molar-refractivity contribution in [3.63, 3.8) is 0 Å². The molecule has 1 atom stereocenters. The molecular formula is C21H26N2O4S. The normalized spacial score (nSPS) is 17.8. The minimum absolute atomic E-state index is 0.134. The van der Waals surface area contributed by atoms with Crippen LogP contribution in [-0.4, -0.2) is 38.3 Å². The van der Waals surface area contributed by atoms with E-state index in [1.807, 2.05) is 30.3 Å². The Kier molecular flexibility index (Phi) is 6.70. The van der Waals surface area contributed by atoms with Gasteiger partial charge in [-0.25, -0.2) is 8.42 Å². The molecule has 0 unspecified atom stereocenters. The molecule has 0 saturated carbocycles. The van der Waals surface area contributed by atoms with E-state index in [0.717, 1.165) is 18.4 Å². The number of amides is 1. The van der Waals surface area contributed by atoms with E-state index in [2.05, 4.69) is 5.32 Å². The molecule has 3 rings (SSSR count). The first-order valence-corrected chi connectivity index (χ1v) is 10.9. The predicted molar refractivity (Wildman–Crippen MR) is 107 cm³/mol. The largest absolute Gasteiger partial charge is 0.497 e. The first-order valence-electron chi connectivity index (χ1n) is 9.47. The molecule has 1 amide bonds. The highest BCUT2D eigenvalue weighted by Crippen LogP contribution is 2.28. The van der Waals surface area contributed by atoms with E-state index in [0.29, 0.717) is 25.3 Å². The zero-order valence-corrected chi connectivity index (χ0v) is 16.8. The first-order chi connectivity index (χ1) is 13.5. The van der Waals surface area contributed by atoms with Crippen molar-refractivity contribution < 1.29 is 17.9 Å². The van der Waals surface area contributed by atoms with Crippen molar-refractivity contribution in [2.24, 2.45) is 0 Å². The first kappa shape index (κ1) is 20.4. The number of ether oxygens (including phenoxy) is 1. The van der Waals surface area contributed by atoms with Gasteiger partial charge in [-0.1, -0.05) is 36.8 Å². The van der Waals surface area contributed by atoms with Crippen molar-refractivity contribution in [1.29, 1.82) is 0 Å². The summed E-state index contributed by atoms with van der Waals surface area (Å²) in [6.07, 6.45) is 2.58. The van der Waals surface area contributed by atoms with Crippen molar-refractivity contribution in [3.8, 4) is 5.75 Å². The summed E-state index contributed by atoms with van der Waals surface area (Å²) in [7, 11) is -2.11. The van der Waals surface area contributed by atoms with Crippen LogP contribution in [0.1, 0.15) is 31.2 Å². The summed E-state index contributed by atoms with van der Waals surface area (Å²) in [5.74, 6) is 0.472. The number of carbonyl (C=O) groups excluding carboxylic acids is 1. The number of nitrogens with one attached hydrogen (secondary N) is 1. The molecule has 0 aliphatic carbocycles. The summed E-state index contributed by atoms with van der Waals surface area (Å²) in [6.45, 7) is 0.878. The lowest BCUT2D eigenvalue weighted by atomic mass is 10.0. The predicted octanol–water partition coefficient (Wildman–Crippen LogP) is 2.94. The minimum Gasteiger partial charge on any atom is -0.497 e. The molecule has 7 heteroatoms. The monoisotopic (exact) mass is 402 g/mol. The number of benzene rings is 2. The van der Waals surface area contributed by atoms with E-state index < -0.39 is 10.0 Å². The fourth-order valence-electron chi connectivity index (χ4n) is 3.46. The Balaban J connectivity index is 1.67. The van der Waals surface area contributed by atoms with Crippen molar-refractivity contribution in [2.75, 3.05) is 13.7 Å². The Morgan fingerprint density at radius 1 is 1.11 bits per heavy atom. The number of methoxy groups -OCH3 is 1. The van der Waals surface area contributed by atoms with Gasteiger partial charge in [-0.3, -0.25) is 4.79 Å². The van der Waals surface area contributed by atoms with Crippen molar-refractivity contribution in [2.45, 2.75) is 43.2 Å². The molecule has 2 aromatic rings. The van der Waals surface area contributed by atoms with Crippen molar-refractivity contribution >= 4 is 15.9 Å². The number of piperidine rings is 1. The summed E-state index contributed by atoms with van der Waals surface area (Å²) in [4.78, 5) is 12.7. The van der Waals surface area contributed by atoms with Crippen LogP contribution in [0.3, 0.4) is 0 Å². The van der Waals surface area contributed by atoms with Crippen LogP contribution in [0.2, 0.25) is 0 Å². The number of sulfonamides is 1. The number of rotatable bonds is 7. The molecule has 0 bridgehead atoms. The third-order valence-electron chi connectivity index (χ3n) is 4.99. The van der Waals surface area contributed by atoms with Gasteiger partial charge in [-0.05, 0) is 42.7 Å². The number of carbonyl (C=O) groups is 1. The Morgan fingerprint density at radius 3 is 2.50 bits per heavy atom. The van der Waals surface area contributed by atoms with Crippen LogP contribution in [0.5, 0.6) is 5.75 Å². The smallest absolute Gasteiger partial charge is 0.243 e. The van der Waals surface area contributed by atoms with Gasteiger partial charge in [0.05, 0.1) is 12.0 Å². The molecule has 0 aromatic heterocycles. The van der Waals surface area contributed by atoms with Crippen LogP contribution < -0.4 is 10.1 Å². The fourth-order valence-corrected chi connectivity index (χ4v) is 5.15. The zero-order chi connectivity index (χ0) is 20.0. The Hall–Kier alpha value is -2.38. The van der Waals surface area contributed by atoms with Crippen molar-refractivity contribution in [1.82, 2.24) is 9.62 Å². The van der Waals surface area contributed by atoms with E-state index in [4.69, 9.17) is 4.74 Å². The summed E-state index contributed by atoms with van der Waals surface area (Å²) in [6, 6.07) is 15.7. The lowest BCUT2D eigenvalue weighted by Crippen LogP contribution is -2.45. The van der Waals surface area contributed by atoms with Gasteiger partial charge in [0.1, 0.15) is 5.75 Å². The maximum Gasteiger partial charge on any atom is 0.243 e. The lowest BCUT2D eigenvalue weighted by Gasteiger charge is -2.34. The molecule has 1 saturated heterocycles. The molecule has 28 heavy (non-hydrogen) atoms. The third kappa shape index (κ3) is 4.91. The topological polar surface area (TPSA) is 75.7 Å². The van der Waals surface area contributed by atoms with Gasteiger partial charge >= 0.3 is 0 Å². The fraction of sp³-hybridized carbons (Fsp3) is 0.381. The molecule has 1 heterocycles. The SMILES string of the molecule is COc1ccc(S(=O)(=O)N2CCCC[C@H]2CC(=O)NCc2ccccc2)cc1. The van der Waals surface area contributed by atoms with Crippen LogP contribution in [0.15, 0.2) is 59.5 Å². The van der Waals surface area contributed by atoms with Crippen LogP contribution in [-0.2, 0) is 21.4 Å². The van der Waals surface area contributed by atoms with Crippen LogP contribution >= 0.6 is 0 Å². The quantitative estimate of drug-likeness (QED) is 0.773. The third-order valence-corrected chi connectivity index (χ3v) is 6.96. The average molecular weight is 403 g/mol. The maximum atomic E-state index is 13.1. The van der Waals surface area contributed by atoms with Gasteiger partial charge in [-0.2, -0.15) is 4.31 Å². The highest BCUT2D eigenvalue weighted by molar-refractivity contribution is 7.89. The molecule has 1 fully saturated rings. The Labute approximate surface area is 166 Å². The van der Waals surface area contributed by atoms with Crippen LogP contribution in [0.4, 0.5) is 0 Å². The molecular weight excluding hydrogens is 376 g/mol. The molecule has 0 radical (unpaired) electrons. The zero-order valence-electron chi connectivity index (χ0n) is 16.0. The highest BCUT2D eigenvalue weighted by Gasteiger charge is 2.34. The lowest BCUT2D eigenvalue weighted by molar-refractivity contribution is -0.122. The molecule has 1 N–H and O–H groups in total. The van der Waals surface area contributed by atoms with Crippen LogP contribution in [0, 0.1) is 0 Å². The molecule has 2 aromatic carbocycles. The second-order valence-electron chi connectivity index (χ2n) is 6.91. The van der Waals surface area contributed by atoms with E-state index >= 15 is 0 Å². The van der Waals surface area contributed by atoms with E-state index in [-0.39, 0.29) is 23.3 Å².